The second-order valence-corrected chi connectivity index (χ2v) is 5.76. The molecule has 1 aliphatic heterocycles. The van der Waals surface area contributed by atoms with E-state index >= 15 is 0 Å². The van der Waals surface area contributed by atoms with E-state index in [-0.39, 0.29) is 18.1 Å². The molecule has 0 fully saturated rings. The van der Waals surface area contributed by atoms with Crippen molar-refractivity contribution in [2.75, 3.05) is 24.4 Å². The number of amidine groups is 1. The third-order valence-corrected chi connectivity index (χ3v) is 3.41. The van der Waals surface area contributed by atoms with Crippen LogP contribution in [0.4, 0.5) is 15.8 Å². The van der Waals surface area contributed by atoms with Crippen LogP contribution in [0.15, 0.2) is 17.2 Å². The highest BCUT2D eigenvalue weighted by Gasteiger charge is 2.32. The van der Waals surface area contributed by atoms with E-state index in [0.717, 1.165) is 11.3 Å². The fourth-order valence-electron chi connectivity index (χ4n) is 2.21. The van der Waals surface area contributed by atoms with Crippen LogP contribution in [0.2, 0.25) is 0 Å². The van der Waals surface area contributed by atoms with Gasteiger partial charge in [0.2, 0.25) is 5.91 Å². The summed E-state index contributed by atoms with van der Waals surface area (Å²) in [6, 6.07) is 2.88. The molecule has 7 heteroatoms. The normalized spacial score (nSPS) is 17.4. The molecular weight excluding hydrogens is 287 g/mol. The van der Waals surface area contributed by atoms with Gasteiger partial charge in [0.05, 0.1) is 29.9 Å². The van der Waals surface area contributed by atoms with E-state index in [0.29, 0.717) is 18.1 Å². The highest BCUT2D eigenvalue weighted by Crippen LogP contribution is 2.34. The monoisotopic (exact) mass is 308 g/mol. The maximum absolute atomic E-state index is 13.5. The van der Waals surface area contributed by atoms with Crippen molar-refractivity contribution < 1.29 is 13.9 Å². The molecule has 1 aliphatic rings. The summed E-state index contributed by atoms with van der Waals surface area (Å²) in [4.78, 5) is 11.6. The summed E-state index contributed by atoms with van der Waals surface area (Å²) in [6.45, 7) is 5.93. The molecule has 120 valence electrons. The van der Waals surface area contributed by atoms with E-state index < -0.39 is 5.54 Å². The minimum Gasteiger partial charge on any atom is -0.384 e. The molecule has 1 aromatic carbocycles. The second kappa shape index (κ2) is 6.31. The van der Waals surface area contributed by atoms with Crippen molar-refractivity contribution >= 4 is 23.1 Å². The highest BCUT2D eigenvalue weighted by molar-refractivity contribution is 6.09. The zero-order valence-corrected chi connectivity index (χ0v) is 13.2. The van der Waals surface area contributed by atoms with E-state index in [1.165, 1.54) is 19.2 Å². The Morgan fingerprint density at radius 3 is 2.86 bits per heavy atom. The maximum Gasteiger partial charge on any atom is 0.242 e. The number of nitrogens with zero attached hydrogens (tertiary/aromatic N) is 1. The molecule has 0 saturated heterocycles. The zero-order valence-electron chi connectivity index (χ0n) is 13.2. The van der Waals surface area contributed by atoms with E-state index in [2.05, 4.69) is 21.2 Å². The molecule has 0 saturated carbocycles. The first kappa shape index (κ1) is 16.2. The Balaban J connectivity index is 2.21. The number of fused-ring (bicyclic) bond motifs is 1. The lowest BCUT2D eigenvalue weighted by atomic mass is 9.98. The van der Waals surface area contributed by atoms with Crippen LogP contribution >= 0.6 is 0 Å². The number of hydrogen-bond donors (Lipinski definition) is 3. The summed E-state index contributed by atoms with van der Waals surface area (Å²) in [5, 5.41) is 10.5. The van der Waals surface area contributed by atoms with Gasteiger partial charge in [0.25, 0.3) is 0 Å². The molecule has 22 heavy (non-hydrogen) atoms. The number of anilines is 2. The first-order valence-corrected chi connectivity index (χ1v) is 7.05. The van der Waals surface area contributed by atoms with Crippen molar-refractivity contribution in [3.05, 3.63) is 23.5 Å². The van der Waals surface area contributed by atoms with Gasteiger partial charge in [0, 0.05) is 7.11 Å². The number of carbonyl (C=O) groups is 1. The number of aryl methyl sites for hydroxylation is 1. The number of hydrogen-bond acceptors (Lipinski definition) is 4. The minimum absolute atomic E-state index is 0.228. The molecule has 0 aromatic heterocycles. The number of methoxy groups -OCH3 is 1. The molecule has 0 atom stereocenters. The summed E-state index contributed by atoms with van der Waals surface area (Å²) in [5.74, 6) is 0.0312. The highest BCUT2D eigenvalue weighted by atomic mass is 19.1. The van der Waals surface area contributed by atoms with Gasteiger partial charge in [0.1, 0.15) is 5.82 Å². The fourth-order valence-corrected chi connectivity index (χ4v) is 2.21. The maximum atomic E-state index is 13.5. The molecule has 0 radical (unpaired) electrons. The van der Waals surface area contributed by atoms with Crippen LogP contribution in [0.1, 0.15) is 25.8 Å². The fraction of sp³-hybridized carbons (Fsp3) is 0.467. The average molecular weight is 308 g/mol. The quantitative estimate of drug-likeness (QED) is 0.746. The molecule has 0 spiro atoms. The predicted octanol–water partition coefficient (Wildman–Crippen LogP) is 2.22. The lowest BCUT2D eigenvalue weighted by Crippen LogP contribution is -2.49. The molecule has 0 unspecified atom stereocenters. The van der Waals surface area contributed by atoms with Crippen LogP contribution < -0.4 is 16.1 Å². The Morgan fingerprint density at radius 1 is 1.45 bits per heavy atom. The van der Waals surface area contributed by atoms with Gasteiger partial charge in [-0.05, 0) is 38.5 Å². The molecule has 0 bridgehead atoms. The topological polar surface area (TPSA) is 74.8 Å². The van der Waals surface area contributed by atoms with Gasteiger partial charge in [-0.25, -0.2) is 9.82 Å². The van der Waals surface area contributed by atoms with E-state index in [1.807, 2.05) is 20.8 Å². The van der Waals surface area contributed by atoms with Crippen LogP contribution in [-0.4, -0.2) is 31.0 Å². The largest absolute Gasteiger partial charge is 0.384 e. The van der Waals surface area contributed by atoms with E-state index in [1.54, 1.807) is 0 Å². The molecular formula is C15H21FN4O2. The predicted molar refractivity (Wildman–Crippen MR) is 84.5 cm³/mol. The van der Waals surface area contributed by atoms with Crippen molar-refractivity contribution in [1.82, 2.24) is 5.43 Å². The standard InChI is InChI=1S/C15H21FN4O2/c1-9-7-10(16)8-11-13(9)17-14(15(2,3)18-11)20-19-12(21)5-6-22-4/h7-8,18H,5-6H2,1-4H3,(H,17,20)(H,19,21). The van der Waals surface area contributed by atoms with Gasteiger partial charge in [0.15, 0.2) is 5.84 Å². The van der Waals surface area contributed by atoms with Gasteiger partial charge in [-0.3, -0.25) is 4.79 Å². The molecule has 0 aliphatic carbocycles. The van der Waals surface area contributed by atoms with Gasteiger partial charge >= 0.3 is 0 Å². The molecule has 1 aromatic rings. The van der Waals surface area contributed by atoms with Crippen molar-refractivity contribution in [1.29, 1.82) is 0 Å². The van der Waals surface area contributed by atoms with Gasteiger partial charge in [-0.1, -0.05) is 0 Å². The van der Waals surface area contributed by atoms with E-state index in [9.17, 15) is 9.18 Å². The number of rotatable bonds is 4. The van der Waals surface area contributed by atoms with Gasteiger partial charge < -0.3 is 15.4 Å². The third kappa shape index (κ3) is 3.54. The summed E-state index contributed by atoms with van der Waals surface area (Å²) in [5.41, 5.74) is 4.12. The van der Waals surface area contributed by atoms with Crippen LogP contribution in [0.5, 0.6) is 0 Å². The molecule has 1 heterocycles. The Labute approximate surface area is 129 Å². The number of amides is 1. The zero-order chi connectivity index (χ0) is 16.3. The SMILES string of the molecule is COCCC(=O)N/N=C1/Nc2c(C)cc(F)cc2NC1(C)C. The van der Waals surface area contributed by atoms with Crippen LogP contribution in [0.25, 0.3) is 0 Å². The summed E-state index contributed by atoms with van der Waals surface area (Å²) in [7, 11) is 1.54. The van der Waals surface area contributed by atoms with Crippen molar-refractivity contribution in [3.8, 4) is 0 Å². The first-order chi connectivity index (χ1) is 10.3. The molecule has 2 rings (SSSR count). The molecule has 3 N–H and O–H groups in total. The number of hydrazone groups is 1. The number of carbonyl (C=O) groups excluding carboxylic acids is 1. The summed E-state index contributed by atoms with van der Waals surface area (Å²) < 4.78 is 18.4. The Kier molecular flexibility index (Phi) is 4.65. The van der Waals surface area contributed by atoms with Crippen molar-refractivity contribution in [2.24, 2.45) is 5.10 Å². The molecule has 6 nitrogen and oxygen atoms in total. The van der Waals surface area contributed by atoms with Crippen molar-refractivity contribution in [3.63, 3.8) is 0 Å². The van der Waals surface area contributed by atoms with Crippen LogP contribution in [-0.2, 0) is 9.53 Å². The number of nitrogens with one attached hydrogen (secondary N) is 3. The van der Waals surface area contributed by atoms with Gasteiger partial charge in [-0.15, -0.1) is 0 Å². The summed E-state index contributed by atoms with van der Waals surface area (Å²) >= 11 is 0. The van der Waals surface area contributed by atoms with Crippen LogP contribution in [0.3, 0.4) is 0 Å². The second-order valence-electron chi connectivity index (χ2n) is 5.76. The average Bonchev–Trinajstić information content (AvgIpc) is 2.42. The van der Waals surface area contributed by atoms with Gasteiger partial charge in [-0.2, -0.15) is 5.10 Å². The van der Waals surface area contributed by atoms with Crippen molar-refractivity contribution in [2.45, 2.75) is 32.7 Å². The minimum atomic E-state index is -0.568. The number of ether oxygens (including phenoxy) is 1. The Morgan fingerprint density at radius 2 is 2.18 bits per heavy atom. The van der Waals surface area contributed by atoms with Crippen LogP contribution in [0, 0.1) is 12.7 Å². The Hall–Kier alpha value is -2.15. The lowest BCUT2D eigenvalue weighted by Gasteiger charge is -2.36. The number of benzene rings is 1. The van der Waals surface area contributed by atoms with E-state index in [4.69, 9.17) is 4.74 Å². The molecule has 1 amide bonds. The number of halogens is 1. The summed E-state index contributed by atoms with van der Waals surface area (Å²) in [6.07, 6.45) is 0.238. The Bertz CT molecular complexity index is 614. The first-order valence-electron chi connectivity index (χ1n) is 7.05. The smallest absolute Gasteiger partial charge is 0.242 e. The third-order valence-electron chi connectivity index (χ3n) is 3.41. The lowest BCUT2D eigenvalue weighted by molar-refractivity contribution is -0.121.